The van der Waals surface area contributed by atoms with E-state index in [9.17, 15) is 0 Å². The Morgan fingerprint density at radius 1 is 1.35 bits per heavy atom. The Hall–Kier alpha value is -1.09. The SMILES string of the molecule is C=CCCCCCSc1ccc(N)cc1OC. The van der Waals surface area contributed by atoms with Crippen molar-refractivity contribution in [2.24, 2.45) is 0 Å². The zero-order valence-electron chi connectivity index (χ0n) is 10.4. The molecule has 0 fully saturated rings. The van der Waals surface area contributed by atoms with Crippen LogP contribution in [-0.2, 0) is 0 Å². The Balaban J connectivity index is 2.33. The van der Waals surface area contributed by atoms with E-state index in [0.29, 0.717) is 0 Å². The van der Waals surface area contributed by atoms with Crippen molar-refractivity contribution in [2.45, 2.75) is 30.6 Å². The first-order valence-corrected chi connectivity index (χ1v) is 6.93. The lowest BCUT2D eigenvalue weighted by atomic mass is 10.2. The van der Waals surface area contributed by atoms with Crippen molar-refractivity contribution >= 4 is 17.4 Å². The maximum absolute atomic E-state index is 5.71. The molecule has 0 saturated carbocycles. The third-order valence-electron chi connectivity index (χ3n) is 2.50. The van der Waals surface area contributed by atoms with Crippen molar-refractivity contribution in [1.29, 1.82) is 0 Å². The van der Waals surface area contributed by atoms with Crippen molar-refractivity contribution in [3.8, 4) is 5.75 Å². The fraction of sp³-hybridized carbons (Fsp3) is 0.429. The van der Waals surface area contributed by atoms with Crippen LogP contribution in [0, 0.1) is 0 Å². The van der Waals surface area contributed by atoms with Crippen LogP contribution in [0.4, 0.5) is 5.69 Å². The van der Waals surface area contributed by atoms with E-state index in [-0.39, 0.29) is 0 Å². The number of nitrogens with two attached hydrogens (primary N) is 1. The summed E-state index contributed by atoms with van der Waals surface area (Å²) in [6.45, 7) is 3.72. The monoisotopic (exact) mass is 251 g/mol. The molecule has 0 atom stereocenters. The predicted molar refractivity (Wildman–Crippen MR) is 76.8 cm³/mol. The van der Waals surface area contributed by atoms with Crippen LogP contribution in [0.15, 0.2) is 35.7 Å². The van der Waals surface area contributed by atoms with E-state index < -0.39 is 0 Å². The molecular formula is C14H21NOS. The Morgan fingerprint density at radius 2 is 2.18 bits per heavy atom. The van der Waals surface area contributed by atoms with Crippen molar-refractivity contribution in [3.05, 3.63) is 30.9 Å². The molecule has 1 aromatic rings. The van der Waals surface area contributed by atoms with Gasteiger partial charge in [0, 0.05) is 16.6 Å². The van der Waals surface area contributed by atoms with E-state index in [4.69, 9.17) is 10.5 Å². The summed E-state index contributed by atoms with van der Waals surface area (Å²) in [6.07, 6.45) is 6.83. The van der Waals surface area contributed by atoms with Crippen molar-refractivity contribution in [1.82, 2.24) is 0 Å². The molecule has 0 saturated heterocycles. The fourth-order valence-electron chi connectivity index (χ4n) is 1.55. The van der Waals surface area contributed by atoms with Gasteiger partial charge in [-0.05, 0) is 37.1 Å². The fourth-order valence-corrected chi connectivity index (χ4v) is 2.57. The highest BCUT2D eigenvalue weighted by Gasteiger charge is 2.03. The van der Waals surface area contributed by atoms with E-state index >= 15 is 0 Å². The Kier molecular flexibility index (Phi) is 6.63. The smallest absolute Gasteiger partial charge is 0.134 e. The number of anilines is 1. The van der Waals surface area contributed by atoms with E-state index in [1.54, 1.807) is 7.11 Å². The van der Waals surface area contributed by atoms with Gasteiger partial charge in [-0.15, -0.1) is 18.3 Å². The van der Waals surface area contributed by atoms with Crippen LogP contribution < -0.4 is 10.5 Å². The first-order valence-electron chi connectivity index (χ1n) is 5.95. The number of nitrogen functional groups attached to an aromatic ring is 1. The van der Waals surface area contributed by atoms with Gasteiger partial charge in [0.05, 0.1) is 7.11 Å². The van der Waals surface area contributed by atoms with Crippen LogP contribution >= 0.6 is 11.8 Å². The maximum Gasteiger partial charge on any atom is 0.134 e. The molecule has 0 bridgehead atoms. The number of thioether (sulfide) groups is 1. The molecule has 2 N–H and O–H groups in total. The second-order valence-electron chi connectivity index (χ2n) is 3.90. The van der Waals surface area contributed by atoms with Gasteiger partial charge in [0.2, 0.25) is 0 Å². The lowest BCUT2D eigenvalue weighted by Gasteiger charge is -2.08. The van der Waals surface area contributed by atoms with Gasteiger partial charge in [-0.3, -0.25) is 0 Å². The summed E-state index contributed by atoms with van der Waals surface area (Å²) in [4.78, 5) is 1.17. The van der Waals surface area contributed by atoms with Gasteiger partial charge in [0.15, 0.2) is 0 Å². The van der Waals surface area contributed by atoms with Crippen LogP contribution in [0.5, 0.6) is 5.75 Å². The number of hydrogen-bond donors (Lipinski definition) is 1. The molecule has 0 unspecified atom stereocenters. The van der Waals surface area contributed by atoms with Crippen molar-refractivity contribution < 1.29 is 4.74 Å². The zero-order chi connectivity index (χ0) is 12.5. The summed E-state index contributed by atoms with van der Waals surface area (Å²) >= 11 is 1.83. The third-order valence-corrected chi connectivity index (χ3v) is 3.64. The molecule has 2 nitrogen and oxygen atoms in total. The zero-order valence-corrected chi connectivity index (χ0v) is 11.3. The van der Waals surface area contributed by atoms with Crippen LogP contribution in [0.25, 0.3) is 0 Å². The van der Waals surface area contributed by atoms with E-state index in [1.165, 1.54) is 24.2 Å². The van der Waals surface area contributed by atoms with Gasteiger partial charge >= 0.3 is 0 Å². The highest BCUT2D eigenvalue weighted by Crippen LogP contribution is 2.31. The van der Waals surface area contributed by atoms with Crippen LogP contribution in [0.3, 0.4) is 0 Å². The molecule has 17 heavy (non-hydrogen) atoms. The minimum atomic E-state index is 0.747. The van der Waals surface area contributed by atoms with E-state index in [2.05, 4.69) is 6.58 Å². The van der Waals surface area contributed by atoms with Gasteiger partial charge in [0.1, 0.15) is 5.75 Å². The van der Waals surface area contributed by atoms with Crippen LogP contribution in [0.1, 0.15) is 25.7 Å². The molecule has 0 heterocycles. The molecule has 0 aliphatic carbocycles. The molecule has 0 aliphatic rings. The number of unbranched alkanes of at least 4 members (excludes halogenated alkanes) is 3. The molecule has 0 aliphatic heterocycles. The highest BCUT2D eigenvalue weighted by atomic mass is 32.2. The maximum atomic E-state index is 5.71. The lowest BCUT2D eigenvalue weighted by Crippen LogP contribution is -1.91. The quantitative estimate of drug-likeness (QED) is 0.327. The predicted octanol–water partition coefficient (Wildman–Crippen LogP) is 4.12. The summed E-state index contributed by atoms with van der Waals surface area (Å²) in [5.41, 5.74) is 6.46. The van der Waals surface area contributed by atoms with Gasteiger partial charge in [0.25, 0.3) is 0 Å². The number of hydrogen-bond acceptors (Lipinski definition) is 3. The summed E-state index contributed by atoms with van der Waals surface area (Å²) in [6, 6.07) is 5.82. The topological polar surface area (TPSA) is 35.2 Å². The summed E-state index contributed by atoms with van der Waals surface area (Å²) in [5, 5.41) is 0. The Morgan fingerprint density at radius 3 is 2.88 bits per heavy atom. The molecule has 94 valence electrons. The minimum absolute atomic E-state index is 0.747. The average Bonchev–Trinajstić information content (AvgIpc) is 2.35. The highest BCUT2D eigenvalue weighted by molar-refractivity contribution is 7.99. The first-order chi connectivity index (χ1) is 8.27. The number of ether oxygens (including phenoxy) is 1. The van der Waals surface area contributed by atoms with Gasteiger partial charge < -0.3 is 10.5 Å². The summed E-state index contributed by atoms with van der Waals surface area (Å²) < 4.78 is 5.31. The number of benzene rings is 1. The van der Waals surface area contributed by atoms with Crippen molar-refractivity contribution in [2.75, 3.05) is 18.6 Å². The Bertz CT molecular complexity index is 352. The molecule has 0 aromatic heterocycles. The largest absolute Gasteiger partial charge is 0.496 e. The summed E-state index contributed by atoms with van der Waals surface area (Å²) in [7, 11) is 1.68. The normalized spacial score (nSPS) is 10.2. The molecule has 1 aromatic carbocycles. The molecule has 0 radical (unpaired) electrons. The number of methoxy groups -OCH3 is 1. The van der Waals surface area contributed by atoms with Crippen molar-refractivity contribution in [3.63, 3.8) is 0 Å². The lowest BCUT2D eigenvalue weighted by molar-refractivity contribution is 0.405. The molecule has 0 spiro atoms. The third kappa shape index (κ3) is 5.18. The van der Waals surface area contributed by atoms with Gasteiger partial charge in [-0.2, -0.15) is 0 Å². The Labute approximate surface area is 108 Å². The number of allylic oxidation sites excluding steroid dienone is 1. The molecular weight excluding hydrogens is 230 g/mol. The minimum Gasteiger partial charge on any atom is -0.496 e. The number of rotatable bonds is 8. The summed E-state index contributed by atoms with van der Waals surface area (Å²) in [5.74, 6) is 2.00. The average molecular weight is 251 g/mol. The first kappa shape index (κ1) is 14.0. The standard InChI is InChI=1S/C14H21NOS/c1-3-4-5-6-7-10-17-14-9-8-12(15)11-13(14)16-2/h3,8-9,11H,1,4-7,10,15H2,2H3. The molecule has 3 heteroatoms. The van der Waals surface area contributed by atoms with E-state index in [1.807, 2.05) is 36.0 Å². The van der Waals surface area contributed by atoms with Gasteiger partial charge in [-0.1, -0.05) is 12.5 Å². The van der Waals surface area contributed by atoms with Gasteiger partial charge in [-0.25, -0.2) is 0 Å². The molecule has 1 rings (SSSR count). The van der Waals surface area contributed by atoms with Crippen LogP contribution in [0.2, 0.25) is 0 Å². The van der Waals surface area contributed by atoms with E-state index in [0.717, 1.165) is 23.6 Å². The second kappa shape index (κ2) is 8.07. The second-order valence-corrected chi connectivity index (χ2v) is 5.03. The van der Waals surface area contributed by atoms with Crippen LogP contribution in [-0.4, -0.2) is 12.9 Å². The molecule has 0 amide bonds.